The van der Waals surface area contributed by atoms with Crippen LogP contribution in [0.4, 0.5) is 0 Å². The maximum absolute atomic E-state index is 11.1. The fraction of sp³-hybridized carbons (Fsp3) is 0.273. The molecule has 0 spiro atoms. The minimum Gasteiger partial charge on any atom is -0.508 e. The van der Waals surface area contributed by atoms with Crippen molar-refractivity contribution < 1.29 is 9.90 Å². The Kier molecular flexibility index (Phi) is 2.88. The second-order valence-corrected chi connectivity index (χ2v) is 3.05. The number of hydrogen-bond acceptors (Lipinski definition) is 3. The van der Waals surface area contributed by atoms with Crippen molar-refractivity contribution in [2.45, 2.75) is 20.3 Å². The normalized spacial score (nSPS) is 9.50. The van der Waals surface area contributed by atoms with E-state index < -0.39 is 0 Å². The van der Waals surface area contributed by atoms with Gasteiger partial charge in [-0.15, -0.1) is 0 Å². The molecule has 72 valence electrons. The van der Waals surface area contributed by atoms with E-state index in [1.165, 1.54) is 13.0 Å². The topological polar surface area (TPSA) is 61.1 Å². The fourth-order valence-corrected chi connectivity index (χ4v) is 1.30. The van der Waals surface area contributed by atoms with Gasteiger partial charge in [-0.3, -0.25) is 4.79 Å². The minimum atomic E-state index is -0.209. The minimum absolute atomic E-state index is 0.0803. The molecule has 0 bridgehead atoms. The van der Waals surface area contributed by atoms with Crippen molar-refractivity contribution in [1.29, 1.82) is 5.26 Å². The third-order valence-electron chi connectivity index (χ3n) is 2.10. The molecule has 3 nitrogen and oxygen atoms in total. The average molecular weight is 189 g/mol. The third-order valence-corrected chi connectivity index (χ3v) is 2.10. The summed E-state index contributed by atoms with van der Waals surface area (Å²) in [5, 5.41) is 18.3. The van der Waals surface area contributed by atoms with Gasteiger partial charge in [0.05, 0.1) is 11.6 Å². The standard InChI is InChI=1S/C11H11NO2/c1-3-8-4-9(6-12)10(7(2)13)5-11(8)14/h4-5,14H,3H2,1-2H3. The van der Waals surface area contributed by atoms with Crippen molar-refractivity contribution in [3.05, 3.63) is 28.8 Å². The molecule has 1 aromatic rings. The van der Waals surface area contributed by atoms with Crippen LogP contribution in [0, 0.1) is 11.3 Å². The molecule has 0 aliphatic heterocycles. The molecule has 1 rings (SSSR count). The lowest BCUT2D eigenvalue weighted by Crippen LogP contribution is -1.98. The van der Waals surface area contributed by atoms with Gasteiger partial charge in [-0.2, -0.15) is 5.26 Å². The van der Waals surface area contributed by atoms with Crippen molar-refractivity contribution in [3.8, 4) is 11.8 Å². The number of Topliss-reactive ketones (excluding diaryl/α,β-unsaturated/α-hetero) is 1. The molecule has 0 radical (unpaired) electrons. The van der Waals surface area contributed by atoms with E-state index >= 15 is 0 Å². The van der Waals surface area contributed by atoms with Crippen LogP contribution in [0.25, 0.3) is 0 Å². The monoisotopic (exact) mass is 189 g/mol. The molecule has 0 aliphatic carbocycles. The van der Waals surface area contributed by atoms with Crippen LogP contribution in [0.3, 0.4) is 0 Å². The van der Waals surface area contributed by atoms with Crippen LogP contribution in [0.2, 0.25) is 0 Å². The predicted molar refractivity (Wildman–Crippen MR) is 52.2 cm³/mol. The first-order valence-electron chi connectivity index (χ1n) is 4.37. The molecule has 3 heteroatoms. The highest BCUT2D eigenvalue weighted by molar-refractivity contribution is 5.97. The summed E-state index contributed by atoms with van der Waals surface area (Å²) in [5.41, 5.74) is 1.29. The fourth-order valence-electron chi connectivity index (χ4n) is 1.30. The van der Waals surface area contributed by atoms with Gasteiger partial charge in [0.15, 0.2) is 5.78 Å². The van der Waals surface area contributed by atoms with Crippen LogP contribution < -0.4 is 0 Å². The molecule has 0 saturated carbocycles. The van der Waals surface area contributed by atoms with E-state index in [1.807, 2.05) is 13.0 Å². The van der Waals surface area contributed by atoms with Crippen molar-refractivity contribution in [2.24, 2.45) is 0 Å². The maximum atomic E-state index is 11.1. The molecule has 0 atom stereocenters. The third kappa shape index (κ3) is 1.74. The maximum Gasteiger partial charge on any atom is 0.161 e. The van der Waals surface area contributed by atoms with Crippen molar-refractivity contribution in [3.63, 3.8) is 0 Å². The molecule has 0 fully saturated rings. The van der Waals surface area contributed by atoms with Gasteiger partial charge in [0.2, 0.25) is 0 Å². The molecule has 0 aromatic heterocycles. The van der Waals surface area contributed by atoms with Crippen LogP contribution in [0.1, 0.15) is 35.3 Å². The van der Waals surface area contributed by atoms with Gasteiger partial charge in [0, 0.05) is 5.56 Å². The van der Waals surface area contributed by atoms with Gasteiger partial charge in [-0.05, 0) is 31.0 Å². The summed E-state index contributed by atoms with van der Waals surface area (Å²) < 4.78 is 0. The molecular weight excluding hydrogens is 178 g/mol. The van der Waals surface area contributed by atoms with E-state index in [0.717, 1.165) is 0 Å². The molecule has 0 unspecified atom stereocenters. The Morgan fingerprint density at radius 3 is 2.64 bits per heavy atom. The number of benzene rings is 1. The highest BCUT2D eigenvalue weighted by atomic mass is 16.3. The van der Waals surface area contributed by atoms with Crippen molar-refractivity contribution in [2.75, 3.05) is 0 Å². The van der Waals surface area contributed by atoms with Crippen LogP contribution in [0.15, 0.2) is 12.1 Å². The number of nitriles is 1. The first-order valence-corrected chi connectivity index (χ1v) is 4.37. The van der Waals surface area contributed by atoms with Gasteiger partial charge in [-0.25, -0.2) is 0 Å². The van der Waals surface area contributed by atoms with Gasteiger partial charge in [0.25, 0.3) is 0 Å². The molecule has 0 heterocycles. The Morgan fingerprint density at radius 1 is 1.57 bits per heavy atom. The number of carbonyl (C=O) groups excluding carboxylic acids is 1. The van der Waals surface area contributed by atoms with Crippen LogP contribution >= 0.6 is 0 Å². The first-order chi connectivity index (χ1) is 6.60. The average Bonchev–Trinajstić information content (AvgIpc) is 2.17. The number of aryl methyl sites for hydroxylation is 1. The van der Waals surface area contributed by atoms with Gasteiger partial charge in [0.1, 0.15) is 5.75 Å². The van der Waals surface area contributed by atoms with Crippen LogP contribution in [-0.2, 0) is 6.42 Å². The molecule has 1 N–H and O–H groups in total. The summed E-state index contributed by atoms with van der Waals surface area (Å²) in [5.74, 6) is -0.129. The second-order valence-electron chi connectivity index (χ2n) is 3.05. The summed E-state index contributed by atoms with van der Waals surface area (Å²) in [6.45, 7) is 3.25. The second kappa shape index (κ2) is 3.93. The number of rotatable bonds is 2. The summed E-state index contributed by atoms with van der Waals surface area (Å²) in [6.07, 6.45) is 0.638. The largest absolute Gasteiger partial charge is 0.508 e. The van der Waals surface area contributed by atoms with Gasteiger partial charge in [-0.1, -0.05) is 6.92 Å². The number of ketones is 1. The van der Waals surface area contributed by atoms with Gasteiger partial charge < -0.3 is 5.11 Å². The number of nitrogens with zero attached hydrogens (tertiary/aromatic N) is 1. The number of carbonyl (C=O) groups is 1. The molecular formula is C11H11NO2. The number of phenolic OH excluding ortho intramolecular Hbond substituents is 1. The lowest BCUT2D eigenvalue weighted by molar-refractivity contribution is 0.101. The van der Waals surface area contributed by atoms with Crippen LogP contribution in [0.5, 0.6) is 5.75 Å². The first kappa shape index (κ1) is 10.3. The zero-order chi connectivity index (χ0) is 10.7. The zero-order valence-electron chi connectivity index (χ0n) is 8.16. The Labute approximate surface area is 82.6 Å². The zero-order valence-corrected chi connectivity index (χ0v) is 8.16. The quantitative estimate of drug-likeness (QED) is 0.724. The summed E-state index contributed by atoms with van der Waals surface area (Å²) >= 11 is 0. The predicted octanol–water partition coefficient (Wildman–Crippen LogP) is 2.03. The Hall–Kier alpha value is -1.82. The van der Waals surface area contributed by atoms with E-state index in [1.54, 1.807) is 6.07 Å². The molecule has 0 amide bonds. The number of phenols is 1. The Balaban J connectivity index is 3.41. The summed E-state index contributed by atoms with van der Waals surface area (Å²) in [7, 11) is 0. The molecule has 1 aromatic carbocycles. The summed E-state index contributed by atoms with van der Waals surface area (Å²) in [4.78, 5) is 11.1. The Morgan fingerprint density at radius 2 is 2.21 bits per heavy atom. The molecule has 14 heavy (non-hydrogen) atoms. The highest BCUT2D eigenvalue weighted by Gasteiger charge is 2.11. The smallest absolute Gasteiger partial charge is 0.161 e. The molecule has 0 aliphatic rings. The van der Waals surface area contributed by atoms with E-state index in [4.69, 9.17) is 5.26 Å². The van der Waals surface area contributed by atoms with E-state index in [0.29, 0.717) is 17.5 Å². The van der Waals surface area contributed by atoms with E-state index in [9.17, 15) is 9.90 Å². The number of hydrogen-bond donors (Lipinski definition) is 1. The van der Waals surface area contributed by atoms with Crippen molar-refractivity contribution in [1.82, 2.24) is 0 Å². The van der Waals surface area contributed by atoms with Gasteiger partial charge >= 0.3 is 0 Å². The van der Waals surface area contributed by atoms with E-state index in [2.05, 4.69) is 0 Å². The highest BCUT2D eigenvalue weighted by Crippen LogP contribution is 2.23. The van der Waals surface area contributed by atoms with E-state index in [-0.39, 0.29) is 17.1 Å². The number of aromatic hydroxyl groups is 1. The SMILES string of the molecule is CCc1cc(C#N)c(C(C)=O)cc1O. The summed E-state index contributed by atoms with van der Waals surface area (Å²) in [6, 6.07) is 4.87. The lowest BCUT2D eigenvalue weighted by Gasteiger charge is -2.05. The van der Waals surface area contributed by atoms with Crippen molar-refractivity contribution >= 4 is 5.78 Å². The van der Waals surface area contributed by atoms with Crippen LogP contribution in [-0.4, -0.2) is 10.9 Å². The molecule has 0 saturated heterocycles. The Bertz CT molecular complexity index is 416. The lowest BCUT2D eigenvalue weighted by atomic mass is 10.00.